The molecule has 1 N–H and O–H groups in total. The summed E-state index contributed by atoms with van der Waals surface area (Å²) in [4.78, 5) is 0. The fourth-order valence-corrected chi connectivity index (χ4v) is 3.81. The van der Waals surface area contributed by atoms with Crippen molar-refractivity contribution in [2.24, 2.45) is 0 Å². The Morgan fingerprint density at radius 1 is 1.38 bits per heavy atom. The van der Waals surface area contributed by atoms with Gasteiger partial charge in [-0.25, -0.2) is 0 Å². The molecule has 0 aromatic heterocycles. The van der Waals surface area contributed by atoms with Gasteiger partial charge < -0.3 is 5.11 Å². The number of benzene rings is 1. The normalized spacial score (nSPS) is 22.3. The molecule has 0 aliphatic carbocycles. The smallest absolute Gasteiger partial charge is 0.0700 e. The van der Waals surface area contributed by atoms with Gasteiger partial charge in [0.05, 0.1) is 6.10 Å². The van der Waals surface area contributed by atoms with Crippen molar-refractivity contribution in [2.75, 3.05) is 5.75 Å². The van der Waals surface area contributed by atoms with Crippen molar-refractivity contribution in [2.45, 2.75) is 30.6 Å². The molecule has 2 rings (SSSR count). The van der Waals surface area contributed by atoms with E-state index in [1.165, 1.54) is 6.42 Å². The average molecular weight is 277 g/mol. The van der Waals surface area contributed by atoms with Crippen molar-refractivity contribution in [1.29, 1.82) is 0 Å². The number of aliphatic hydroxyl groups excluding tert-OH is 1. The van der Waals surface area contributed by atoms with E-state index >= 15 is 0 Å². The number of aliphatic hydroxyl groups is 1. The molecule has 0 bridgehead atoms. The number of thioether (sulfide) groups is 1. The molecule has 0 radical (unpaired) electrons. The molecule has 2 unspecified atom stereocenters. The Balaban J connectivity index is 2.07. The van der Waals surface area contributed by atoms with Crippen molar-refractivity contribution in [3.05, 3.63) is 33.8 Å². The van der Waals surface area contributed by atoms with Gasteiger partial charge in [0.2, 0.25) is 0 Å². The predicted molar refractivity (Wildman–Crippen MR) is 71.7 cm³/mol. The minimum atomic E-state index is -0.343. The zero-order valence-electron chi connectivity index (χ0n) is 8.83. The third-order valence-electron chi connectivity index (χ3n) is 2.87. The van der Waals surface area contributed by atoms with Crippen molar-refractivity contribution in [3.63, 3.8) is 0 Å². The third-order valence-corrected chi connectivity index (χ3v) is 5.08. The summed E-state index contributed by atoms with van der Waals surface area (Å²) < 4.78 is 0. The summed E-state index contributed by atoms with van der Waals surface area (Å²) in [6, 6.07) is 5.46. The number of hydrogen-bond acceptors (Lipinski definition) is 2. The Bertz CT molecular complexity index is 344. The number of rotatable bonds is 3. The van der Waals surface area contributed by atoms with Gasteiger partial charge in [-0.15, -0.1) is 0 Å². The second-order valence-corrected chi connectivity index (χ2v) is 6.18. The molecule has 0 amide bonds. The molecule has 1 aromatic carbocycles. The molecule has 1 aliphatic rings. The van der Waals surface area contributed by atoms with Crippen LogP contribution in [0.25, 0.3) is 0 Å². The van der Waals surface area contributed by atoms with Gasteiger partial charge in [-0.1, -0.05) is 29.3 Å². The van der Waals surface area contributed by atoms with Gasteiger partial charge in [-0.3, -0.25) is 0 Å². The summed E-state index contributed by atoms with van der Waals surface area (Å²) in [7, 11) is 0. The Morgan fingerprint density at radius 2 is 2.06 bits per heavy atom. The maximum Gasteiger partial charge on any atom is 0.0700 e. The van der Waals surface area contributed by atoms with Crippen LogP contribution < -0.4 is 0 Å². The molecule has 2 atom stereocenters. The summed E-state index contributed by atoms with van der Waals surface area (Å²) >= 11 is 14.0. The van der Waals surface area contributed by atoms with Crippen LogP contribution in [0.2, 0.25) is 10.0 Å². The van der Waals surface area contributed by atoms with Crippen LogP contribution in [0.3, 0.4) is 0 Å². The predicted octanol–water partition coefficient (Wildman–Crippen LogP) is 3.79. The van der Waals surface area contributed by atoms with Crippen molar-refractivity contribution >= 4 is 35.0 Å². The van der Waals surface area contributed by atoms with Crippen LogP contribution in [0.15, 0.2) is 18.2 Å². The first-order valence-electron chi connectivity index (χ1n) is 5.41. The Hall–Kier alpha value is 0.110. The lowest BCUT2D eigenvalue weighted by Gasteiger charge is -2.18. The molecule has 0 saturated carbocycles. The summed E-state index contributed by atoms with van der Waals surface area (Å²) in [5, 5.41) is 11.7. The second-order valence-electron chi connectivity index (χ2n) is 4.02. The molecule has 1 fully saturated rings. The fraction of sp³-hybridized carbons (Fsp3) is 0.500. The zero-order valence-corrected chi connectivity index (χ0v) is 11.2. The van der Waals surface area contributed by atoms with Crippen molar-refractivity contribution < 1.29 is 5.11 Å². The molecular formula is C12H14Cl2OS. The van der Waals surface area contributed by atoms with Crippen LogP contribution in [0.4, 0.5) is 0 Å². The van der Waals surface area contributed by atoms with Gasteiger partial charge >= 0.3 is 0 Å². The van der Waals surface area contributed by atoms with E-state index in [9.17, 15) is 5.11 Å². The summed E-state index contributed by atoms with van der Waals surface area (Å²) in [5.74, 6) is 1.15. The van der Waals surface area contributed by atoms with E-state index in [1.807, 2.05) is 30.0 Å². The molecule has 4 heteroatoms. The SMILES string of the molecule is OC(Cc1c(Cl)cccc1Cl)C1CCCS1. The fourth-order valence-electron chi connectivity index (χ4n) is 1.97. The van der Waals surface area contributed by atoms with Gasteiger partial charge in [-0.05, 0) is 36.3 Å². The highest BCUT2D eigenvalue weighted by molar-refractivity contribution is 8.00. The van der Waals surface area contributed by atoms with E-state index in [2.05, 4.69) is 0 Å². The Kier molecular flexibility index (Phi) is 4.42. The molecule has 1 aliphatic heterocycles. The average Bonchev–Trinajstić information content (AvgIpc) is 2.76. The highest BCUT2D eigenvalue weighted by Crippen LogP contribution is 2.32. The minimum absolute atomic E-state index is 0.340. The number of hydrogen-bond donors (Lipinski definition) is 1. The van der Waals surface area contributed by atoms with Crippen LogP contribution in [0, 0.1) is 0 Å². The highest BCUT2D eigenvalue weighted by atomic mass is 35.5. The first-order valence-corrected chi connectivity index (χ1v) is 7.21. The monoisotopic (exact) mass is 276 g/mol. The van der Waals surface area contributed by atoms with E-state index in [4.69, 9.17) is 23.2 Å². The van der Waals surface area contributed by atoms with E-state index in [0.29, 0.717) is 21.7 Å². The number of halogens is 2. The molecule has 1 aromatic rings. The van der Waals surface area contributed by atoms with Gasteiger partial charge in [0, 0.05) is 21.7 Å². The lowest BCUT2D eigenvalue weighted by Crippen LogP contribution is -2.23. The van der Waals surface area contributed by atoms with Gasteiger partial charge in [0.25, 0.3) is 0 Å². The second kappa shape index (κ2) is 5.63. The molecule has 88 valence electrons. The summed E-state index contributed by atoms with van der Waals surface area (Å²) in [5.41, 5.74) is 0.867. The zero-order chi connectivity index (χ0) is 11.5. The van der Waals surface area contributed by atoms with Crippen LogP contribution >= 0.6 is 35.0 Å². The first kappa shape index (κ1) is 12.6. The van der Waals surface area contributed by atoms with E-state index < -0.39 is 0 Å². The molecule has 1 nitrogen and oxygen atoms in total. The maximum atomic E-state index is 10.1. The van der Waals surface area contributed by atoms with Gasteiger partial charge in [0.1, 0.15) is 0 Å². The Morgan fingerprint density at radius 3 is 2.62 bits per heavy atom. The molecule has 1 heterocycles. The van der Waals surface area contributed by atoms with Crippen molar-refractivity contribution in [1.82, 2.24) is 0 Å². The molecule has 1 saturated heterocycles. The van der Waals surface area contributed by atoms with E-state index in [-0.39, 0.29) is 6.10 Å². The maximum absolute atomic E-state index is 10.1. The standard InChI is InChI=1S/C12H14Cl2OS/c13-9-3-1-4-10(14)8(9)7-11(15)12-5-2-6-16-12/h1,3-4,11-12,15H,2,5-7H2. The van der Waals surface area contributed by atoms with Crippen LogP contribution in [0.1, 0.15) is 18.4 Å². The topological polar surface area (TPSA) is 20.2 Å². The summed E-state index contributed by atoms with van der Waals surface area (Å²) in [6.45, 7) is 0. The lowest BCUT2D eigenvalue weighted by atomic mass is 10.0. The minimum Gasteiger partial charge on any atom is -0.392 e. The van der Waals surface area contributed by atoms with Crippen LogP contribution in [-0.2, 0) is 6.42 Å². The van der Waals surface area contributed by atoms with Crippen molar-refractivity contribution in [3.8, 4) is 0 Å². The molecular weight excluding hydrogens is 263 g/mol. The third kappa shape index (κ3) is 2.86. The van der Waals surface area contributed by atoms with Crippen LogP contribution in [-0.4, -0.2) is 22.2 Å². The largest absolute Gasteiger partial charge is 0.392 e. The molecule has 16 heavy (non-hydrogen) atoms. The molecule has 0 spiro atoms. The van der Waals surface area contributed by atoms with E-state index in [1.54, 1.807) is 0 Å². The van der Waals surface area contributed by atoms with Gasteiger partial charge in [0.15, 0.2) is 0 Å². The van der Waals surface area contributed by atoms with Gasteiger partial charge in [-0.2, -0.15) is 11.8 Å². The highest BCUT2D eigenvalue weighted by Gasteiger charge is 2.25. The lowest BCUT2D eigenvalue weighted by molar-refractivity contribution is 0.170. The Labute approximate surface area is 110 Å². The summed E-state index contributed by atoms with van der Waals surface area (Å²) in [6.07, 6.45) is 2.50. The first-order chi connectivity index (χ1) is 7.68. The van der Waals surface area contributed by atoms with E-state index in [0.717, 1.165) is 17.7 Å². The van der Waals surface area contributed by atoms with Crippen LogP contribution in [0.5, 0.6) is 0 Å². The quantitative estimate of drug-likeness (QED) is 0.907.